The van der Waals surface area contributed by atoms with Gasteiger partial charge >= 0.3 is 0 Å². The number of hydrogen-bond acceptors (Lipinski definition) is 2. The van der Waals surface area contributed by atoms with E-state index in [1.165, 1.54) is 11.3 Å². The van der Waals surface area contributed by atoms with Crippen LogP contribution in [0.4, 0.5) is 8.78 Å². The summed E-state index contributed by atoms with van der Waals surface area (Å²) in [5, 5.41) is 1.82. The van der Waals surface area contributed by atoms with Crippen LogP contribution in [0.25, 0.3) is 0 Å². The number of thiophene rings is 1. The summed E-state index contributed by atoms with van der Waals surface area (Å²) in [6, 6.07) is 1.25. The van der Waals surface area contributed by atoms with Gasteiger partial charge in [0.15, 0.2) is 0 Å². The average molecular weight is 293 g/mol. The molecule has 2 N–H and O–H groups in total. The lowest BCUT2D eigenvalue weighted by atomic mass is 10.2. The maximum Gasteiger partial charge on any atom is 0.240 e. The Bertz CT molecular complexity index is 256. The third-order valence-electron chi connectivity index (χ3n) is 1.41. The summed E-state index contributed by atoms with van der Waals surface area (Å²) in [6.07, 6.45) is -2.62. The third-order valence-corrected chi connectivity index (χ3v) is 3.42. The highest BCUT2D eigenvalue weighted by atomic mass is 79.9. The zero-order valence-corrected chi connectivity index (χ0v) is 9.76. The molecule has 0 spiro atoms. The minimum atomic E-state index is -2.34. The first-order valence-corrected chi connectivity index (χ1v) is 5.05. The Hall–Kier alpha value is 0.290. The monoisotopic (exact) mass is 291 g/mol. The Balaban J connectivity index is 0.00000144. The zero-order valence-electron chi connectivity index (χ0n) is 6.54. The summed E-state index contributed by atoms with van der Waals surface area (Å²) in [7, 11) is 0. The van der Waals surface area contributed by atoms with Crippen LogP contribution in [-0.4, -0.2) is 6.43 Å². The van der Waals surface area contributed by atoms with Gasteiger partial charge in [0.25, 0.3) is 0 Å². The molecule has 0 aliphatic rings. The van der Waals surface area contributed by atoms with E-state index in [1.54, 1.807) is 0 Å². The second-order valence-corrected chi connectivity index (χ2v) is 4.17. The van der Waals surface area contributed by atoms with Gasteiger partial charge in [-0.05, 0) is 27.4 Å². The van der Waals surface area contributed by atoms with Crippen molar-refractivity contribution in [3.05, 3.63) is 20.8 Å². The molecule has 0 aliphatic heterocycles. The van der Waals surface area contributed by atoms with Gasteiger partial charge in [-0.15, -0.1) is 23.7 Å². The SMILES string of the molecule is Cl.N[C@@H](CC(F)F)c1sccc1Br. The van der Waals surface area contributed by atoms with Crippen molar-refractivity contribution < 1.29 is 8.78 Å². The van der Waals surface area contributed by atoms with Crippen LogP contribution >= 0.6 is 39.7 Å². The van der Waals surface area contributed by atoms with Crippen LogP contribution < -0.4 is 5.73 Å². The predicted octanol–water partition coefficient (Wildman–Crippen LogP) is 3.59. The quantitative estimate of drug-likeness (QED) is 0.905. The Morgan fingerprint density at radius 3 is 2.54 bits per heavy atom. The van der Waals surface area contributed by atoms with Crippen molar-refractivity contribution in [1.29, 1.82) is 0 Å². The molecule has 0 bridgehead atoms. The van der Waals surface area contributed by atoms with E-state index >= 15 is 0 Å². The van der Waals surface area contributed by atoms with E-state index in [0.29, 0.717) is 0 Å². The third kappa shape index (κ3) is 3.89. The lowest BCUT2D eigenvalue weighted by molar-refractivity contribution is 0.129. The predicted molar refractivity (Wildman–Crippen MR) is 56.8 cm³/mol. The molecule has 0 saturated heterocycles. The van der Waals surface area contributed by atoms with Crippen LogP contribution in [0.3, 0.4) is 0 Å². The molecule has 0 aliphatic carbocycles. The fourth-order valence-electron chi connectivity index (χ4n) is 0.869. The first-order chi connectivity index (χ1) is 5.61. The van der Waals surface area contributed by atoms with Gasteiger partial charge in [-0.2, -0.15) is 0 Å². The summed E-state index contributed by atoms with van der Waals surface area (Å²) >= 11 is 4.64. The van der Waals surface area contributed by atoms with Gasteiger partial charge in [0.2, 0.25) is 6.43 Å². The molecular weight excluding hydrogens is 284 g/mol. The Kier molecular flexibility index (Phi) is 6.04. The second kappa shape index (κ2) is 5.90. The lowest BCUT2D eigenvalue weighted by Crippen LogP contribution is -2.12. The van der Waals surface area contributed by atoms with Crippen molar-refractivity contribution in [2.24, 2.45) is 5.73 Å². The van der Waals surface area contributed by atoms with Crippen LogP contribution in [0.1, 0.15) is 17.3 Å². The molecule has 76 valence electrons. The molecule has 0 amide bonds. The minimum Gasteiger partial charge on any atom is -0.323 e. The molecule has 1 aromatic rings. The van der Waals surface area contributed by atoms with Crippen molar-refractivity contribution in [1.82, 2.24) is 0 Å². The van der Waals surface area contributed by atoms with Gasteiger partial charge in [0.1, 0.15) is 0 Å². The van der Waals surface area contributed by atoms with E-state index < -0.39 is 12.5 Å². The van der Waals surface area contributed by atoms with E-state index in [-0.39, 0.29) is 18.8 Å². The number of nitrogens with two attached hydrogens (primary N) is 1. The minimum absolute atomic E-state index is 0. The molecule has 1 nitrogen and oxygen atoms in total. The van der Waals surface area contributed by atoms with Gasteiger partial charge in [-0.25, -0.2) is 8.78 Å². The Labute approximate surface area is 93.9 Å². The first-order valence-electron chi connectivity index (χ1n) is 3.38. The van der Waals surface area contributed by atoms with Gasteiger partial charge in [0.05, 0.1) is 0 Å². The topological polar surface area (TPSA) is 26.0 Å². The molecule has 1 rings (SSSR count). The fourth-order valence-corrected chi connectivity index (χ4v) is 2.55. The highest BCUT2D eigenvalue weighted by molar-refractivity contribution is 9.10. The molecular formula is C7H9BrClF2NS. The summed E-state index contributed by atoms with van der Waals surface area (Å²) < 4.78 is 24.7. The molecule has 0 aromatic carbocycles. The normalized spacial score (nSPS) is 12.7. The molecule has 0 saturated carbocycles. The largest absolute Gasteiger partial charge is 0.323 e. The molecule has 1 atom stereocenters. The molecule has 0 radical (unpaired) electrons. The molecule has 0 unspecified atom stereocenters. The molecule has 0 fully saturated rings. The number of halogens is 4. The van der Waals surface area contributed by atoms with Gasteiger partial charge in [0, 0.05) is 21.8 Å². The van der Waals surface area contributed by atoms with Crippen LogP contribution in [0.2, 0.25) is 0 Å². The van der Waals surface area contributed by atoms with E-state index in [4.69, 9.17) is 5.73 Å². The lowest BCUT2D eigenvalue weighted by Gasteiger charge is -2.08. The maximum atomic E-state index is 11.9. The summed E-state index contributed by atoms with van der Waals surface area (Å²) in [5.41, 5.74) is 5.54. The Morgan fingerprint density at radius 1 is 1.54 bits per heavy atom. The van der Waals surface area contributed by atoms with Crippen molar-refractivity contribution in [3.63, 3.8) is 0 Å². The molecule has 1 heterocycles. The van der Waals surface area contributed by atoms with Crippen molar-refractivity contribution >= 4 is 39.7 Å². The van der Waals surface area contributed by atoms with E-state index in [0.717, 1.165) is 9.35 Å². The van der Waals surface area contributed by atoms with Crippen molar-refractivity contribution in [2.75, 3.05) is 0 Å². The highest BCUT2D eigenvalue weighted by Crippen LogP contribution is 2.30. The smallest absolute Gasteiger partial charge is 0.240 e. The zero-order chi connectivity index (χ0) is 9.14. The van der Waals surface area contributed by atoms with E-state index in [1.807, 2.05) is 11.4 Å². The molecule has 13 heavy (non-hydrogen) atoms. The maximum absolute atomic E-state index is 11.9. The first kappa shape index (κ1) is 13.3. The molecule has 1 aromatic heterocycles. The van der Waals surface area contributed by atoms with Crippen LogP contribution in [-0.2, 0) is 0 Å². The van der Waals surface area contributed by atoms with Gasteiger partial charge in [-0.1, -0.05) is 0 Å². The number of hydrogen-bond donors (Lipinski definition) is 1. The summed E-state index contributed by atoms with van der Waals surface area (Å²) in [5.74, 6) is 0. The van der Waals surface area contributed by atoms with Gasteiger partial charge in [-0.3, -0.25) is 0 Å². The van der Waals surface area contributed by atoms with Crippen molar-refractivity contribution in [3.8, 4) is 0 Å². The summed E-state index contributed by atoms with van der Waals surface area (Å²) in [4.78, 5) is 0.787. The number of rotatable bonds is 3. The standard InChI is InChI=1S/C7H8BrF2NS.ClH/c8-4-1-2-12-7(4)5(11)3-6(9)10;/h1-2,5-6H,3,11H2;1H/t5-;/m0./s1. The van der Waals surface area contributed by atoms with Crippen molar-refractivity contribution in [2.45, 2.75) is 18.9 Å². The summed E-state index contributed by atoms with van der Waals surface area (Å²) in [6.45, 7) is 0. The van der Waals surface area contributed by atoms with E-state index in [2.05, 4.69) is 15.9 Å². The Morgan fingerprint density at radius 2 is 2.15 bits per heavy atom. The highest BCUT2D eigenvalue weighted by Gasteiger charge is 2.15. The number of alkyl halides is 2. The average Bonchev–Trinajstić information content (AvgIpc) is 2.33. The van der Waals surface area contributed by atoms with E-state index in [9.17, 15) is 8.78 Å². The van der Waals surface area contributed by atoms with Crippen LogP contribution in [0.5, 0.6) is 0 Å². The molecule has 6 heteroatoms. The second-order valence-electron chi connectivity index (χ2n) is 2.37. The van der Waals surface area contributed by atoms with Gasteiger partial charge < -0.3 is 5.73 Å². The van der Waals surface area contributed by atoms with Crippen LogP contribution in [0.15, 0.2) is 15.9 Å². The fraction of sp³-hybridized carbons (Fsp3) is 0.429. The van der Waals surface area contributed by atoms with Crippen LogP contribution in [0, 0.1) is 0 Å².